The number of carbonyl (C=O) groups is 3. The molecule has 1 aromatic carbocycles. The number of hydrogen-bond donors (Lipinski definition) is 1. The van der Waals surface area contributed by atoms with E-state index in [1.165, 1.54) is 24.0 Å². The number of halogens is 1. The number of nitrogens with zero attached hydrogens (tertiary/aromatic N) is 1. The van der Waals surface area contributed by atoms with Crippen LogP contribution in [0.1, 0.15) is 24.9 Å². The van der Waals surface area contributed by atoms with Crippen molar-refractivity contribution in [1.82, 2.24) is 4.90 Å². The summed E-state index contributed by atoms with van der Waals surface area (Å²) in [6.45, 7) is 1.60. The highest BCUT2D eigenvalue weighted by Gasteiger charge is 2.39. The van der Waals surface area contributed by atoms with Gasteiger partial charge >= 0.3 is 5.97 Å². The lowest BCUT2D eigenvalue weighted by atomic mass is 10.1. The summed E-state index contributed by atoms with van der Waals surface area (Å²) in [5.41, 5.74) is 0.339. The molecule has 0 spiro atoms. The maximum atomic E-state index is 12.9. The van der Waals surface area contributed by atoms with Crippen LogP contribution in [-0.4, -0.2) is 38.8 Å². The Morgan fingerprint density at radius 3 is 2.52 bits per heavy atom. The molecule has 1 saturated heterocycles. The van der Waals surface area contributed by atoms with Gasteiger partial charge in [-0.3, -0.25) is 9.59 Å². The molecule has 1 aliphatic rings. The van der Waals surface area contributed by atoms with E-state index in [9.17, 15) is 23.9 Å². The van der Waals surface area contributed by atoms with Crippen molar-refractivity contribution < 1.29 is 23.9 Å². The van der Waals surface area contributed by atoms with Crippen LogP contribution in [0.4, 0.5) is 4.39 Å². The number of rotatable bonds is 4. The van der Waals surface area contributed by atoms with Gasteiger partial charge in [-0.1, -0.05) is 23.9 Å². The van der Waals surface area contributed by atoms with Crippen LogP contribution in [0.3, 0.4) is 0 Å². The molecule has 21 heavy (non-hydrogen) atoms. The first-order chi connectivity index (χ1) is 9.88. The summed E-state index contributed by atoms with van der Waals surface area (Å²) in [7, 11) is 0. The van der Waals surface area contributed by atoms with Gasteiger partial charge in [0, 0.05) is 25.1 Å². The van der Waals surface area contributed by atoms with E-state index in [4.69, 9.17) is 0 Å². The van der Waals surface area contributed by atoms with Crippen LogP contribution < -0.4 is 0 Å². The number of likely N-dealkylation sites (tertiary alicyclic amines) is 1. The van der Waals surface area contributed by atoms with Crippen molar-refractivity contribution in [2.24, 2.45) is 0 Å². The third-order valence-electron chi connectivity index (χ3n) is 3.19. The summed E-state index contributed by atoms with van der Waals surface area (Å²) in [4.78, 5) is 35.8. The molecule has 1 unspecified atom stereocenters. The van der Waals surface area contributed by atoms with Crippen molar-refractivity contribution in [1.29, 1.82) is 0 Å². The number of benzene rings is 1. The lowest BCUT2D eigenvalue weighted by Crippen LogP contribution is -2.35. The Morgan fingerprint density at radius 2 is 2.00 bits per heavy atom. The summed E-state index contributed by atoms with van der Waals surface area (Å²) in [6, 6.07) is 3.87. The second kappa shape index (κ2) is 6.26. The standard InChI is InChI=1S/C14H14FNO4S/c1-8(17)21-11-6-12(18)16(7-11)13(14(19)20)9-2-4-10(15)5-3-9/h2-5,11,13H,6-7H2,1H3,(H,19,20)/t11?,13-/m0/s1. The molecular weight excluding hydrogens is 297 g/mol. The minimum atomic E-state index is -1.18. The molecule has 7 heteroatoms. The molecule has 1 N–H and O–H groups in total. The zero-order valence-electron chi connectivity index (χ0n) is 11.3. The third kappa shape index (κ3) is 3.60. The predicted molar refractivity (Wildman–Crippen MR) is 75.2 cm³/mol. The first kappa shape index (κ1) is 15.5. The van der Waals surface area contributed by atoms with E-state index in [0.717, 1.165) is 23.9 Å². The molecule has 2 atom stereocenters. The number of amides is 1. The van der Waals surface area contributed by atoms with Crippen molar-refractivity contribution in [2.45, 2.75) is 24.6 Å². The van der Waals surface area contributed by atoms with Crippen LogP contribution in [0.25, 0.3) is 0 Å². The molecule has 1 aromatic rings. The zero-order chi connectivity index (χ0) is 15.6. The van der Waals surface area contributed by atoms with E-state index in [-0.39, 0.29) is 29.2 Å². The molecule has 112 valence electrons. The number of carboxylic acid groups (broad SMARTS) is 1. The molecule has 1 aliphatic heterocycles. The Kier molecular flexibility index (Phi) is 4.62. The first-order valence-corrected chi connectivity index (χ1v) is 7.21. The van der Waals surface area contributed by atoms with Crippen molar-refractivity contribution in [3.05, 3.63) is 35.6 Å². The van der Waals surface area contributed by atoms with Gasteiger partial charge in [0.2, 0.25) is 5.91 Å². The minimum absolute atomic E-state index is 0.108. The van der Waals surface area contributed by atoms with Gasteiger partial charge in [0.05, 0.1) is 0 Å². The van der Waals surface area contributed by atoms with Crippen molar-refractivity contribution in [2.75, 3.05) is 6.54 Å². The highest BCUT2D eigenvalue weighted by molar-refractivity contribution is 8.14. The molecular formula is C14H14FNO4S. The predicted octanol–water partition coefficient (Wildman–Crippen LogP) is 1.83. The number of carboxylic acids is 1. The molecule has 1 amide bonds. The van der Waals surface area contributed by atoms with E-state index < -0.39 is 17.8 Å². The van der Waals surface area contributed by atoms with Gasteiger partial charge in [-0.2, -0.15) is 0 Å². The number of aliphatic carboxylic acids is 1. The summed E-state index contributed by atoms with van der Waals surface area (Å²) in [6.07, 6.45) is 0.134. The fraction of sp³-hybridized carbons (Fsp3) is 0.357. The summed E-state index contributed by atoms with van der Waals surface area (Å²) in [5.74, 6) is -1.96. The zero-order valence-corrected chi connectivity index (χ0v) is 12.1. The van der Waals surface area contributed by atoms with Crippen molar-refractivity contribution in [3.8, 4) is 0 Å². The Balaban J connectivity index is 2.23. The highest BCUT2D eigenvalue weighted by atomic mass is 32.2. The Hall–Kier alpha value is -1.89. The molecule has 1 fully saturated rings. The molecule has 0 aliphatic carbocycles. The Labute approximate surface area is 125 Å². The van der Waals surface area contributed by atoms with Gasteiger partial charge in [0.25, 0.3) is 0 Å². The lowest BCUT2D eigenvalue weighted by Gasteiger charge is -2.25. The first-order valence-electron chi connectivity index (χ1n) is 6.33. The van der Waals surface area contributed by atoms with Crippen LogP contribution >= 0.6 is 11.8 Å². The smallest absolute Gasteiger partial charge is 0.331 e. The van der Waals surface area contributed by atoms with Gasteiger partial charge in [0.15, 0.2) is 11.2 Å². The summed E-state index contributed by atoms with van der Waals surface area (Å²) < 4.78 is 12.9. The van der Waals surface area contributed by atoms with Crippen LogP contribution in [0.5, 0.6) is 0 Å². The third-order valence-corrected chi connectivity index (χ3v) is 4.17. The van der Waals surface area contributed by atoms with Crippen LogP contribution in [0.15, 0.2) is 24.3 Å². The van der Waals surface area contributed by atoms with Crippen LogP contribution in [0, 0.1) is 5.82 Å². The number of thioether (sulfide) groups is 1. The molecule has 1 heterocycles. The van der Waals surface area contributed by atoms with E-state index in [1.54, 1.807) is 0 Å². The van der Waals surface area contributed by atoms with Gasteiger partial charge in [-0.05, 0) is 17.7 Å². The van der Waals surface area contributed by atoms with Gasteiger partial charge in [-0.25, -0.2) is 9.18 Å². The fourth-order valence-electron chi connectivity index (χ4n) is 2.36. The average molecular weight is 311 g/mol. The highest BCUT2D eigenvalue weighted by Crippen LogP contribution is 2.31. The maximum absolute atomic E-state index is 12.9. The Morgan fingerprint density at radius 1 is 1.38 bits per heavy atom. The molecule has 0 saturated carbocycles. The van der Waals surface area contributed by atoms with Gasteiger partial charge in [0.1, 0.15) is 5.82 Å². The Bertz CT molecular complexity index is 575. The van der Waals surface area contributed by atoms with Gasteiger partial charge in [-0.15, -0.1) is 0 Å². The minimum Gasteiger partial charge on any atom is -0.479 e. The number of hydrogen-bond acceptors (Lipinski definition) is 4. The quantitative estimate of drug-likeness (QED) is 0.918. The summed E-state index contributed by atoms with van der Waals surface area (Å²) >= 11 is 1.04. The number of carbonyl (C=O) groups excluding carboxylic acids is 2. The van der Waals surface area contributed by atoms with E-state index in [2.05, 4.69) is 0 Å². The monoisotopic (exact) mass is 311 g/mol. The largest absolute Gasteiger partial charge is 0.479 e. The van der Waals surface area contributed by atoms with Gasteiger partial charge < -0.3 is 10.0 Å². The molecule has 5 nitrogen and oxygen atoms in total. The SMILES string of the molecule is CC(=O)SC1CC(=O)N([C@H](C(=O)O)c2ccc(F)cc2)C1. The van der Waals surface area contributed by atoms with Crippen LogP contribution in [-0.2, 0) is 14.4 Å². The van der Waals surface area contributed by atoms with E-state index in [0.29, 0.717) is 5.56 Å². The molecule has 0 aromatic heterocycles. The fourth-order valence-corrected chi connectivity index (χ4v) is 3.29. The lowest BCUT2D eigenvalue weighted by molar-refractivity contribution is -0.148. The molecule has 2 rings (SSSR count). The normalized spacial score (nSPS) is 19.6. The maximum Gasteiger partial charge on any atom is 0.331 e. The average Bonchev–Trinajstić information content (AvgIpc) is 2.71. The van der Waals surface area contributed by atoms with E-state index >= 15 is 0 Å². The van der Waals surface area contributed by atoms with Crippen molar-refractivity contribution >= 4 is 28.8 Å². The molecule has 0 bridgehead atoms. The second-order valence-corrected chi connectivity index (χ2v) is 6.25. The van der Waals surface area contributed by atoms with Crippen molar-refractivity contribution in [3.63, 3.8) is 0 Å². The molecule has 0 radical (unpaired) electrons. The van der Waals surface area contributed by atoms with Crippen LogP contribution in [0.2, 0.25) is 0 Å². The second-order valence-electron chi connectivity index (χ2n) is 4.77. The topological polar surface area (TPSA) is 74.7 Å². The summed E-state index contributed by atoms with van der Waals surface area (Å²) in [5, 5.41) is 9.03. The van der Waals surface area contributed by atoms with E-state index in [1.807, 2.05) is 0 Å².